The zero-order chi connectivity index (χ0) is 22.4. The predicted octanol–water partition coefficient (Wildman–Crippen LogP) is 4.61. The molecule has 0 spiro atoms. The number of anilines is 2. The van der Waals surface area contributed by atoms with E-state index in [2.05, 4.69) is 22.1 Å². The van der Waals surface area contributed by atoms with Crippen molar-refractivity contribution in [2.45, 2.75) is 16.2 Å². The molecule has 0 aliphatic carbocycles. The lowest BCUT2D eigenvalue weighted by molar-refractivity contribution is -0.114. The molecule has 0 aliphatic heterocycles. The molecule has 0 atom stereocenters. The van der Waals surface area contributed by atoms with Crippen LogP contribution in [-0.4, -0.2) is 36.8 Å². The Kier molecular flexibility index (Phi) is 7.71. The van der Waals surface area contributed by atoms with Crippen molar-refractivity contribution in [2.75, 3.05) is 21.9 Å². The standard InChI is InChI=1S/C20H19ClN4O3S3/c1-3-12-29-20-24-23-19(30-20)22-18(26)13-25(16-8-6-15(21)7-9-16)31(27,28)17-10-4-14(2)5-11-17/h3-11H,1,12-13H2,2H3,(H,22,23,26). The molecule has 162 valence electrons. The van der Waals surface area contributed by atoms with Gasteiger partial charge in [-0.15, -0.1) is 16.8 Å². The van der Waals surface area contributed by atoms with Crippen molar-refractivity contribution in [2.24, 2.45) is 0 Å². The lowest BCUT2D eigenvalue weighted by Gasteiger charge is -2.24. The van der Waals surface area contributed by atoms with Crippen LogP contribution in [0, 0.1) is 6.92 Å². The largest absolute Gasteiger partial charge is 0.299 e. The Morgan fingerprint density at radius 3 is 2.52 bits per heavy atom. The highest BCUT2D eigenvalue weighted by Crippen LogP contribution is 2.27. The number of hydrogen-bond acceptors (Lipinski definition) is 7. The minimum absolute atomic E-state index is 0.0832. The Hall–Kier alpha value is -2.40. The van der Waals surface area contributed by atoms with Crippen molar-refractivity contribution >= 4 is 61.4 Å². The van der Waals surface area contributed by atoms with E-state index in [0.717, 1.165) is 9.87 Å². The number of hydrogen-bond donors (Lipinski definition) is 1. The summed E-state index contributed by atoms with van der Waals surface area (Å²) in [5, 5.41) is 11.3. The first kappa shape index (κ1) is 23.3. The third kappa shape index (κ3) is 6.07. The Bertz CT molecular complexity index is 1160. The zero-order valence-corrected chi connectivity index (χ0v) is 19.7. The number of nitrogens with zero attached hydrogens (tertiary/aromatic N) is 3. The van der Waals surface area contributed by atoms with Gasteiger partial charge in [0.1, 0.15) is 6.54 Å². The second-order valence-corrected chi connectivity index (χ2v) is 10.9. The maximum atomic E-state index is 13.3. The van der Waals surface area contributed by atoms with Crippen molar-refractivity contribution in [3.05, 3.63) is 71.8 Å². The molecule has 0 aliphatic rings. The highest BCUT2D eigenvalue weighted by molar-refractivity contribution is 8.01. The average molecular weight is 495 g/mol. The van der Waals surface area contributed by atoms with E-state index in [0.29, 0.717) is 25.9 Å². The van der Waals surface area contributed by atoms with Crippen LogP contribution < -0.4 is 9.62 Å². The number of sulfonamides is 1. The van der Waals surface area contributed by atoms with Gasteiger partial charge >= 0.3 is 0 Å². The van der Waals surface area contributed by atoms with Crippen molar-refractivity contribution in [3.63, 3.8) is 0 Å². The predicted molar refractivity (Wildman–Crippen MR) is 127 cm³/mol. The summed E-state index contributed by atoms with van der Waals surface area (Å²) in [7, 11) is -4.00. The van der Waals surface area contributed by atoms with Gasteiger partial charge in [-0.25, -0.2) is 8.42 Å². The quantitative estimate of drug-likeness (QED) is 0.265. The number of benzene rings is 2. The van der Waals surface area contributed by atoms with Gasteiger partial charge in [-0.05, 0) is 43.3 Å². The Labute approximate surface area is 194 Å². The van der Waals surface area contributed by atoms with E-state index >= 15 is 0 Å². The molecule has 0 unspecified atom stereocenters. The topological polar surface area (TPSA) is 92.3 Å². The molecule has 7 nitrogen and oxygen atoms in total. The summed E-state index contributed by atoms with van der Waals surface area (Å²) in [6, 6.07) is 12.7. The van der Waals surface area contributed by atoms with Crippen molar-refractivity contribution in [1.82, 2.24) is 10.2 Å². The summed E-state index contributed by atoms with van der Waals surface area (Å²) < 4.78 is 28.3. The molecule has 0 fully saturated rings. The van der Waals surface area contributed by atoms with Crippen LogP contribution in [0.4, 0.5) is 10.8 Å². The SMILES string of the molecule is C=CCSc1nnc(NC(=O)CN(c2ccc(Cl)cc2)S(=O)(=O)c2ccc(C)cc2)s1. The second kappa shape index (κ2) is 10.3. The van der Waals surface area contributed by atoms with Gasteiger partial charge in [0.15, 0.2) is 4.34 Å². The molecule has 0 saturated carbocycles. The monoisotopic (exact) mass is 494 g/mol. The third-order valence-corrected chi connectivity index (χ3v) is 8.00. The number of amides is 1. The van der Waals surface area contributed by atoms with Gasteiger partial charge in [0, 0.05) is 10.8 Å². The minimum Gasteiger partial charge on any atom is -0.299 e. The summed E-state index contributed by atoms with van der Waals surface area (Å²) in [6.45, 7) is 5.07. The van der Waals surface area contributed by atoms with Crippen LogP contribution in [0.3, 0.4) is 0 Å². The molecule has 1 heterocycles. The van der Waals surface area contributed by atoms with Crippen LogP contribution in [0.15, 0.2) is 70.4 Å². The fourth-order valence-electron chi connectivity index (χ4n) is 2.50. The molecule has 2 aromatic carbocycles. The summed E-state index contributed by atoms with van der Waals surface area (Å²) in [5.74, 6) is 0.129. The number of aryl methyl sites for hydroxylation is 1. The molecule has 3 rings (SSSR count). The highest BCUT2D eigenvalue weighted by atomic mass is 35.5. The van der Waals surface area contributed by atoms with Crippen LogP contribution in [-0.2, 0) is 14.8 Å². The van der Waals surface area contributed by atoms with Crippen LogP contribution in [0.25, 0.3) is 0 Å². The molecule has 3 aromatic rings. The molecule has 0 radical (unpaired) electrons. The summed E-state index contributed by atoms with van der Waals surface area (Å²) in [5.41, 5.74) is 1.25. The van der Waals surface area contributed by atoms with Gasteiger partial charge in [0.2, 0.25) is 11.0 Å². The van der Waals surface area contributed by atoms with Crippen LogP contribution >= 0.6 is 34.7 Å². The molecular weight excluding hydrogens is 476 g/mol. The lowest BCUT2D eigenvalue weighted by atomic mass is 10.2. The van der Waals surface area contributed by atoms with E-state index in [1.54, 1.807) is 42.5 Å². The van der Waals surface area contributed by atoms with Crippen LogP contribution in [0.5, 0.6) is 0 Å². The summed E-state index contributed by atoms with van der Waals surface area (Å²) in [6.07, 6.45) is 1.74. The normalized spacial score (nSPS) is 11.2. The first-order chi connectivity index (χ1) is 14.8. The third-order valence-electron chi connectivity index (χ3n) is 3.99. The molecule has 31 heavy (non-hydrogen) atoms. The van der Waals surface area contributed by atoms with E-state index in [-0.39, 0.29) is 4.90 Å². The van der Waals surface area contributed by atoms with E-state index in [9.17, 15) is 13.2 Å². The Morgan fingerprint density at radius 1 is 1.19 bits per heavy atom. The molecule has 0 saturated heterocycles. The first-order valence-corrected chi connectivity index (χ1v) is 12.6. The number of thioether (sulfide) groups is 1. The maximum absolute atomic E-state index is 13.3. The molecule has 1 amide bonds. The number of aromatic nitrogens is 2. The second-order valence-electron chi connectivity index (χ2n) is 6.32. The van der Waals surface area contributed by atoms with Crippen molar-refractivity contribution in [1.29, 1.82) is 0 Å². The van der Waals surface area contributed by atoms with Crippen LogP contribution in [0.2, 0.25) is 5.02 Å². The molecule has 1 aromatic heterocycles. The summed E-state index contributed by atoms with van der Waals surface area (Å²) in [4.78, 5) is 12.8. The van der Waals surface area contributed by atoms with Crippen molar-refractivity contribution in [3.8, 4) is 0 Å². The number of nitrogens with one attached hydrogen (secondary N) is 1. The number of carbonyl (C=O) groups is 1. The number of rotatable bonds is 9. The van der Waals surface area contributed by atoms with Gasteiger partial charge in [0.05, 0.1) is 10.6 Å². The first-order valence-electron chi connectivity index (χ1n) is 9.01. The number of halogens is 1. The fourth-order valence-corrected chi connectivity index (χ4v) is 5.57. The van der Waals surface area contributed by atoms with E-state index < -0.39 is 22.5 Å². The molecule has 0 bridgehead atoms. The van der Waals surface area contributed by atoms with E-state index in [4.69, 9.17) is 11.6 Å². The van der Waals surface area contributed by atoms with Crippen LogP contribution in [0.1, 0.15) is 5.56 Å². The highest BCUT2D eigenvalue weighted by Gasteiger charge is 2.27. The Balaban J connectivity index is 1.85. The van der Waals surface area contributed by atoms with Gasteiger partial charge < -0.3 is 0 Å². The minimum atomic E-state index is -4.00. The maximum Gasteiger partial charge on any atom is 0.264 e. The van der Waals surface area contributed by atoms with Gasteiger partial charge in [0.25, 0.3) is 10.0 Å². The molecular formula is C20H19ClN4O3S3. The summed E-state index contributed by atoms with van der Waals surface area (Å²) >= 11 is 8.59. The van der Waals surface area contributed by atoms with E-state index in [1.165, 1.54) is 35.2 Å². The lowest BCUT2D eigenvalue weighted by Crippen LogP contribution is -2.38. The number of carbonyl (C=O) groups excluding carboxylic acids is 1. The fraction of sp³-hybridized carbons (Fsp3) is 0.150. The van der Waals surface area contributed by atoms with Crippen molar-refractivity contribution < 1.29 is 13.2 Å². The van der Waals surface area contributed by atoms with Gasteiger partial charge in [-0.2, -0.15) is 0 Å². The van der Waals surface area contributed by atoms with Gasteiger partial charge in [-0.1, -0.05) is 58.5 Å². The molecule has 1 N–H and O–H groups in total. The average Bonchev–Trinajstić information content (AvgIpc) is 3.18. The Morgan fingerprint density at radius 2 is 1.87 bits per heavy atom. The van der Waals surface area contributed by atoms with Gasteiger partial charge in [-0.3, -0.25) is 14.4 Å². The zero-order valence-electron chi connectivity index (χ0n) is 16.5. The van der Waals surface area contributed by atoms with E-state index in [1.807, 2.05) is 6.92 Å². The molecule has 11 heteroatoms. The smallest absolute Gasteiger partial charge is 0.264 e.